The fraction of sp³-hybridized carbons (Fsp3) is 0.385. The lowest BCUT2D eigenvalue weighted by molar-refractivity contribution is 0.254. The van der Waals surface area contributed by atoms with Crippen LogP contribution in [0.4, 0.5) is 26.2 Å². The molecule has 2 aromatic heterocycles. The maximum Gasteiger partial charge on any atom is 0.229 e. The van der Waals surface area contributed by atoms with Crippen molar-refractivity contribution in [2.75, 3.05) is 44.8 Å². The third-order valence-corrected chi connectivity index (χ3v) is 6.26. The number of halogens is 2. The number of likely N-dealkylation sites (N-methyl/N-ethyl adjacent to an activating group) is 1. The van der Waals surface area contributed by atoms with Gasteiger partial charge in [-0.05, 0) is 36.7 Å². The Bertz CT molecular complexity index is 1280. The molecule has 3 heterocycles. The molecule has 0 unspecified atom stereocenters. The number of anilines is 3. The van der Waals surface area contributed by atoms with Crippen LogP contribution in [0.5, 0.6) is 0 Å². The lowest BCUT2D eigenvalue weighted by Gasteiger charge is -2.28. The summed E-state index contributed by atoms with van der Waals surface area (Å²) in [5, 5.41) is 6.24. The molecule has 8 nitrogen and oxygen atoms in total. The number of benzene rings is 1. The molecular weight excluding hydrogens is 462 g/mol. The molecule has 1 aromatic carbocycles. The van der Waals surface area contributed by atoms with Gasteiger partial charge in [0.05, 0.1) is 11.9 Å². The molecule has 0 fully saturated rings. The van der Waals surface area contributed by atoms with E-state index in [4.69, 9.17) is 10.7 Å². The first-order valence-corrected chi connectivity index (χ1v) is 12.0. The molecule has 190 valence electrons. The number of nitrogen functional groups attached to an aromatic ring is 1. The van der Waals surface area contributed by atoms with Crippen LogP contribution in [0.15, 0.2) is 35.5 Å². The number of rotatable bonds is 8. The van der Waals surface area contributed by atoms with E-state index in [0.717, 1.165) is 44.5 Å². The Morgan fingerprint density at radius 3 is 2.72 bits per heavy atom. The van der Waals surface area contributed by atoms with E-state index in [-0.39, 0.29) is 28.8 Å². The average Bonchev–Trinajstić information content (AvgIpc) is 2.86. The molecule has 0 aliphatic carbocycles. The van der Waals surface area contributed by atoms with Crippen LogP contribution in [-0.2, 0) is 13.0 Å². The summed E-state index contributed by atoms with van der Waals surface area (Å²) in [5.74, 6) is -0.589. The van der Waals surface area contributed by atoms with Crippen LogP contribution in [0.3, 0.4) is 0 Å². The van der Waals surface area contributed by atoms with Crippen molar-refractivity contribution in [3.63, 3.8) is 0 Å². The van der Waals surface area contributed by atoms with Crippen LogP contribution in [-0.4, -0.2) is 59.3 Å². The van der Waals surface area contributed by atoms with Crippen LogP contribution in [0, 0.1) is 17.6 Å². The summed E-state index contributed by atoms with van der Waals surface area (Å²) < 4.78 is 29.5. The van der Waals surface area contributed by atoms with Crippen molar-refractivity contribution >= 4 is 23.2 Å². The predicted octanol–water partition coefficient (Wildman–Crippen LogP) is 3.80. The molecule has 0 saturated heterocycles. The second-order valence-electron chi connectivity index (χ2n) is 9.13. The number of aliphatic imine (C=N–C) groups is 1. The molecule has 3 aromatic rings. The van der Waals surface area contributed by atoms with E-state index in [1.54, 1.807) is 13.1 Å². The van der Waals surface area contributed by atoms with Crippen molar-refractivity contribution in [3.05, 3.63) is 58.9 Å². The van der Waals surface area contributed by atoms with Gasteiger partial charge in [-0.3, -0.25) is 9.89 Å². The standard InChI is InChI=1S/C26H32F2N8/c1-15(2)24(31-4)18-11-17(12-19(27)23(18)29)25-20(28)13-32-26(35-25)34-22-6-5-16-14-36(10-8-30-3)9-7-21(16)33-22/h5-6,11-13,15,30H,7-10,14,29H2,1-4H3,(H,32,33,34,35). The lowest BCUT2D eigenvalue weighted by atomic mass is 9.95. The van der Waals surface area contributed by atoms with Gasteiger partial charge in [-0.2, -0.15) is 0 Å². The van der Waals surface area contributed by atoms with Crippen LogP contribution in [0.1, 0.15) is 30.7 Å². The SMILES string of the molecule is CN=C(c1cc(-c2nc(Nc3ccc4c(n3)CCN(CCNC)C4)ncc2F)cc(F)c1N)C(C)C. The molecule has 0 saturated carbocycles. The van der Waals surface area contributed by atoms with Gasteiger partial charge in [0.15, 0.2) is 5.82 Å². The number of nitrogens with one attached hydrogen (secondary N) is 2. The van der Waals surface area contributed by atoms with Crippen LogP contribution in [0.25, 0.3) is 11.3 Å². The zero-order chi connectivity index (χ0) is 25.8. The Labute approximate surface area is 210 Å². The van der Waals surface area contributed by atoms with E-state index in [9.17, 15) is 8.78 Å². The summed E-state index contributed by atoms with van der Waals surface area (Å²) in [5.41, 5.74) is 9.45. The lowest BCUT2D eigenvalue weighted by Crippen LogP contribution is -2.35. The highest BCUT2D eigenvalue weighted by atomic mass is 19.1. The summed E-state index contributed by atoms with van der Waals surface area (Å²) in [4.78, 5) is 19.8. The molecule has 36 heavy (non-hydrogen) atoms. The summed E-state index contributed by atoms with van der Waals surface area (Å²) in [6, 6.07) is 6.70. The van der Waals surface area contributed by atoms with E-state index in [1.165, 1.54) is 11.6 Å². The second-order valence-corrected chi connectivity index (χ2v) is 9.13. The monoisotopic (exact) mass is 494 g/mol. The van der Waals surface area contributed by atoms with Crippen molar-refractivity contribution < 1.29 is 8.78 Å². The van der Waals surface area contributed by atoms with Crippen LogP contribution < -0.4 is 16.4 Å². The third kappa shape index (κ3) is 5.50. The van der Waals surface area contributed by atoms with Crippen LogP contribution >= 0.6 is 0 Å². The Morgan fingerprint density at radius 2 is 2.00 bits per heavy atom. The summed E-state index contributed by atoms with van der Waals surface area (Å²) in [6.45, 7) is 7.59. The number of hydrogen-bond acceptors (Lipinski definition) is 8. The van der Waals surface area contributed by atoms with Crippen molar-refractivity contribution in [2.24, 2.45) is 10.9 Å². The molecule has 0 amide bonds. The fourth-order valence-corrected chi connectivity index (χ4v) is 4.41. The molecule has 0 radical (unpaired) electrons. The molecule has 0 atom stereocenters. The number of aromatic nitrogens is 3. The highest BCUT2D eigenvalue weighted by Crippen LogP contribution is 2.30. The van der Waals surface area contributed by atoms with E-state index in [1.807, 2.05) is 33.0 Å². The maximum atomic E-state index is 14.8. The quantitative estimate of drug-likeness (QED) is 0.323. The number of nitrogens with zero attached hydrogens (tertiary/aromatic N) is 5. The fourth-order valence-electron chi connectivity index (χ4n) is 4.41. The molecular formula is C26H32F2N8. The molecule has 1 aliphatic heterocycles. The summed E-state index contributed by atoms with van der Waals surface area (Å²) in [7, 11) is 3.57. The second kappa shape index (κ2) is 11.0. The minimum atomic E-state index is -0.671. The van der Waals surface area contributed by atoms with Crippen LogP contribution in [0.2, 0.25) is 0 Å². The van der Waals surface area contributed by atoms with Crippen molar-refractivity contribution in [1.82, 2.24) is 25.2 Å². The highest BCUT2D eigenvalue weighted by molar-refractivity contribution is 6.06. The van der Waals surface area contributed by atoms with E-state index >= 15 is 0 Å². The first-order valence-electron chi connectivity index (χ1n) is 12.0. The number of fused-ring (bicyclic) bond motifs is 1. The van der Waals surface area contributed by atoms with Gasteiger partial charge in [0, 0.05) is 62.2 Å². The molecule has 1 aliphatic rings. The maximum absolute atomic E-state index is 14.8. The van der Waals surface area contributed by atoms with Gasteiger partial charge in [-0.25, -0.2) is 23.7 Å². The Kier molecular flexibility index (Phi) is 7.85. The predicted molar refractivity (Wildman–Crippen MR) is 140 cm³/mol. The number of pyridine rings is 1. The van der Waals surface area contributed by atoms with Gasteiger partial charge in [0.2, 0.25) is 5.95 Å². The number of nitrogens with two attached hydrogens (primary N) is 1. The van der Waals surface area contributed by atoms with Gasteiger partial charge >= 0.3 is 0 Å². The zero-order valence-corrected chi connectivity index (χ0v) is 21.1. The number of hydrogen-bond donors (Lipinski definition) is 3. The highest BCUT2D eigenvalue weighted by Gasteiger charge is 2.20. The van der Waals surface area contributed by atoms with Gasteiger partial charge < -0.3 is 16.4 Å². The average molecular weight is 495 g/mol. The van der Waals surface area contributed by atoms with Gasteiger partial charge in [-0.1, -0.05) is 19.9 Å². The Balaban J connectivity index is 1.61. The first-order chi connectivity index (χ1) is 17.3. The Morgan fingerprint density at radius 1 is 1.19 bits per heavy atom. The normalized spacial score (nSPS) is 14.2. The minimum absolute atomic E-state index is 0.00454. The van der Waals surface area contributed by atoms with Gasteiger partial charge in [-0.15, -0.1) is 0 Å². The molecule has 4 rings (SSSR count). The van der Waals surface area contributed by atoms with Crippen molar-refractivity contribution in [1.29, 1.82) is 0 Å². The Hall–Kier alpha value is -3.50. The van der Waals surface area contributed by atoms with Gasteiger partial charge in [0.1, 0.15) is 17.3 Å². The molecule has 0 bridgehead atoms. The summed E-state index contributed by atoms with van der Waals surface area (Å²) >= 11 is 0. The smallest absolute Gasteiger partial charge is 0.229 e. The topological polar surface area (TPSA) is 104 Å². The third-order valence-electron chi connectivity index (χ3n) is 6.26. The summed E-state index contributed by atoms with van der Waals surface area (Å²) in [6.07, 6.45) is 1.91. The van der Waals surface area contributed by atoms with E-state index in [0.29, 0.717) is 17.1 Å². The minimum Gasteiger partial charge on any atom is -0.396 e. The largest absolute Gasteiger partial charge is 0.396 e. The van der Waals surface area contributed by atoms with Crippen molar-refractivity contribution in [2.45, 2.75) is 26.8 Å². The van der Waals surface area contributed by atoms with Crippen molar-refractivity contribution in [3.8, 4) is 11.3 Å². The zero-order valence-electron chi connectivity index (χ0n) is 21.1. The molecule has 0 spiro atoms. The molecule has 10 heteroatoms. The van der Waals surface area contributed by atoms with E-state index in [2.05, 4.69) is 30.5 Å². The molecule has 4 N–H and O–H groups in total. The van der Waals surface area contributed by atoms with E-state index < -0.39 is 11.6 Å². The first kappa shape index (κ1) is 25.6. The van der Waals surface area contributed by atoms with Gasteiger partial charge in [0.25, 0.3) is 0 Å².